The van der Waals surface area contributed by atoms with Gasteiger partial charge in [-0.2, -0.15) is 0 Å². The normalized spacial score (nSPS) is 10.4. The number of hydrogen-bond acceptors (Lipinski definition) is 4. The highest BCUT2D eigenvalue weighted by Gasteiger charge is 2.05. The first-order valence-electron chi connectivity index (χ1n) is 5.39. The van der Waals surface area contributed by atoms with Gasteiger partial charge in [-0.15, -0.1) is 11.3 Å². The molecule has 0 aliphatic carbocycles. The molecule has 0 aromatic carbocycles. The summed E-state index contributed by atoms with van der Waals surface area (Å²) in [6, 6.07) is 1.67. The Hall–Kier alpha value is -1.40. The average Bonchev–Trinajstić information content (AvgIpc) is 2.71. The molecule has 17 heavy (non-hydrogen) atoms. The molecule has 0 aliphatic heterocycles. The standard InChI is InChI=1S/C11H16N2O3S/c12-10(14)3-1-2-4-13-6-9-5-8(7-17-9)11(15)16/h5,7,13H,1-4,6H2,(H2,12,14)(H,15,16). The van der Waals surface area contributed by atoms with Gasteiger partial charge in [0.2, 0.25) is 5.91 Å². The summed E-state index contributed by atoms with van der Waals surface area (Å²) in [5.41, 5.74) is 5.35. The fourth-order valence-corrected chi connectivity index (χ4v) is 2.17. The highest BCUT2D eigenvalue weighted by molar-refractivity contribution is 7.10. The number of carbonyl (C=O) groups excluding carboxylic acids is 1. The number of carboxylic acid groups (broad SMARTS) is 1. The Labute approximate surface area is 104 Å². The maximum absolute atomic E-state index is 10.6. The van der Waals surface area contributed by atoms with E-state index in [4.69, 9.17) is 10.8 Å². The van der Waals surface area contributed by atoms with Gasteiger partial charge in [-0.25, -0.2) is 4.79 Å². The molecule has 0 saturated carbocycles. The fourth-order valence-electron chi connectivity index (χ4n) is 1.35. The Balaban J connectivity index is 2.13. The smallest absolute Gasteiger partial charge is 0.336 e. The second-order valence-electron chi connectivity index (χ2n) is 3.71. The number of nitrogens with one attached hydrogen (secondary N) is 1. The van der Waals surface area contributed by atoms with Gasteiger partial charge in [0.15, 0.2) is 0 Å². The molecule has 1 rings (SSSR count). The molecule has 94 valence electrons. The minimum Gasteiger partial charge on any atom is -0.478 e. The SMILES string of the molecule is NC(=O)CCCCNCc1cc(C(=O)O)cs1. The van der Waals surface area contributed by atoms with E-state index in [-0.39, 0.29) is 5.91 Å². The van der Waals surface area contributed by atoms with Crippen molar-refractivity contribution in [3.63, 3.8) is 0 Å². The van der Waals surface area contributed by atoms with Crippen molar-refractivity contribution >= 4 is 23.2 Å². The Morgan fingerprint density at radius 2 is 2.18 bits per heavy atom. The summed E-state index contributed by atoms with van der Waals surface area (Å²) in [6.45, 7) is 1.46. The third-order valence-corrected chi connectivity index (χ3v) is 3.16. The van der Waals surface area contributed by atoms with E-state index in [2.05, 4.69) is 5.32 Å². The predicted octanol–water partition coefficient (Wildman–Crippen LogP) is 1.19. The minimum atomic E-state index is -0.894. The molecular weight excluding hydrogens is 240 g/mol. The van der Waals surface area contributed by atoms with Crippen LogP contribution in [0.4, 0.5) is 0 Å². The molecule has 1 aromatic rings. The van der Waals surface area contributed by atoms with Crippen molar-refractivity contribution in [3.8, 4) is 0 Å². The van der Waals surface area contributed by atoms with E-state index in [1.807, 2.05) is 0 Å². The lowest BCUT2D eigenvalue weighted by atomic mass is 10.2. The van der Waals surface area contributed by atoms with Gasteiger partial charge in [0.1, 0.15) is 0 Å². The number of carboxylic acids is 1. The Morgan fingerprint density at radius 3 is 2.76 bits per heavy atom. The number of nitrogens with two attached hydrogens (primary N) is 1. The topological polar surface area (TPSA) is 92.4 Å². The summed E-state index contributed by atoms with van der Waals surface area (Å²) >= 11 is 1.43. The Bertz CT molecular complexity index is 390. The van der Waals surface area contributed by atoms with Crippen LogP contribution >= 0.6 is 11.3 Å². The third kappa shape index (κ3) is 5.46. The fraction of sp³-hybridized carbons (Fsp3) is 0.455. The number of unbranched alkanes of at least 4 members (excludes halogenated alkanes) is 1. The van der Waals surface area contributed by atoms with Gasteiger partial charge in [-0.1, -0.05) is 0 Å². The summed E-state index contributed by atoms with van der Waals surface area (Å²) in [5.74, 6) is -1.16. The van der Waals surface area contributed by atoms with Gasteiger partial charge in [0.05, 0.1) is 5.56 Å². The molecule has 1 aromatic heterocycles. The minimum absolute atomic E-state index is 0.269. The number of primary amides is 1. The molecule has 6 heteroatoms. The molecule has 0 bridgehead atoms. The van der Waals surface area contributed by atoms with Crippen molar-refractivity contribution in [1.82, 2.24) is 5.32 Å². The maximum atomic E-state index is 10.6. The van der Waals surface area contributed by atoms with E-state index in [0.717, 1.165) is 24.3 Å². The Kier molecular flexibility index (Phi) is 5.65. The first kappa shape index (κ1) is 13.7. The van der Waals surface area contributed by atoms with E-state index in [9.17, 15) is 9.59 Å². The van der Waals surface area contributed by atoms with Gasteiger partial charge in [0, 0.05) is 23.2 Å². The van der Waals surface area contributed by atoms with E-state index in [1.54, 1.807) is 11.4 Å². The van der Waals surface area contributed by atoms with Crippen LogP contribution in [0, 0.1) is 0 Å². The second kappa shape index (κ2) is 7.03. The number of rotatable bonds is 8. The molecule has 5 nitrogen and oxygen atoms in total. The van der Waals surface area contributed by atoms with Crippen LogP contribution in [0.25, 0.3) is 0 Å². The number of hydrogen-bond donors (Lipinski definition) is 3. The average molecular weight is 256 g/mol. The zero-order valence-corrected chi connectivity index (χ0v) is 10.3. The first-order chi connectivity index (χ1) is 8.09. The van der Waals surface area contributed by atoms with Crippen LogP contribution in [0.5, 0.6) is 0 Å². The van der Waals surface area contributed by atoms with Gasteiger partial charge in [0.25, 0.3) is 0 Å². The number of amides is 1. The van der Waals surface area contributed by atoms with Crippen molar-refractivity contribution in [1.29, 1.82) is 0 Å². The second-order valence-corrected chi connectivity index (χ2v) is 4.70. The van der Waals surface area contributed by atoms with Crippen molar-refractivity contribution in [2.24, 2.45) is 5.73 Å². The van der Waals surface area contributed by atoms with Crippen LogP contribution in [-0.2, 0) is 11.3 Å². The molecule has 0 fully saturated rings. The third-order valence-electron chi connectivity index (χ3n) is 2.23. The first-order valence-corrected chi connectivity index (χ1v) is 6.27. The maximum Gasteiger partial charge on any atom is 0.336 e. The molecule has 0 atom stereocenters. The summed E-state index contributed by atoms with van der Waals surface area (Å²) < 4.78 is 0. The van der Waals surface area contributed by atoms with E-state index in [0.29, 0.717) is 18.5 Å². The van der Waals surface area contributed by atoms with E-state index < -0.39 is 5.97 Å². The van der Waals surface area contributed by atoms with Crippen molar-refractivity contribution < 1.29 is 14.7 Å². The molecule has 1 heterocycles. The quantitative estimate of drug-likeness (QED) is 0.609. The van der Waals surface area contributed by atoms with Gasteiger partial charge in [-0.05, 0) is 25.5 Å². The summed E-state index contributed by atoms with van der Waals surface area (Å²) in [5, 5.41) is 13.6. The zero-order chi connectivity index (χ0) is 12.7. The van der Waals surface area contributed by atoms with Gasteiger partial charge >= 0.3 is 5.97 Å². The molecular formula is C11H16N2O3S. The van der Waals surface area contributed by atoms with Crippen molar-refractivity contribution in [3.05, 3.63) is 21.9 Å². The molecule has 0 radical (unpaired) electrons. The predicted molar refractivity (Wildman–Crippen MR) is 66.0 cm³/mol. The van der Waals surface area contributed by atoms with Crippen molar-refractivity contribution in [2.75, 3.05) is 6.54 Å². The molecule has 1 amide bonds. The summed E-state index contributed by atoms with van der Waals surface area (Å²) in [7, 11) is 0. The number of aromatic carboxylic acids is 1. The molecule has 0 spiro atoms. The summed E-state index contributed by atoms with van der Waals surface area (Å²) in [6.07, 6.45) is 2.09. The highest BCUT2D eigenvalue weighted by Crippen LogP contribution is 2.14. The molecule has 4 N–H and O–H groups in total. The van der Waals surface area contributed by atoms with Crippen LogP contribution in [0.1, 0.15) is 34.5 Å². The lowest BCUT2D eigenvalue weighted by Gasteiger charge is -2.01. The summed E-state index contributed by atoms with van der Waals surface area (Å²) in [4.78, 5) is 22.1. The van der Waals surface area contributed by atoms with Crippen molar-refractivity contribution in [2.45, 2.75) is 25.8 Å². The van der Waals surface area contributed by atoms with E-state index in [1.165, 1.54) is 11.3 Å². The number of carbonyl (C=O) groups is 2. The Morgan fingerprint density at radius 1 is 1.41 bits per heavy atom. The van der Waals surface area contributed by atoms with Crippen LogP contribution in [0.3, 0.4) is 0 Å². The van der Waals surface area contributed by atoms with Crippen LogP contribution in [-0.4, -0.2) is 23.5 Å². The van der Waals surface area contributed by atoms with E-state index >= 15 is 0 Å². The highest BCUT2D eigenvalue weighted by atomic mass is 32.1. The molecule has 0 saturated heterocycles. The molecule has 0 unspecified atom stereocenters. The largest absolute Gasteiger partial charge is 0.478 e. The zero-order valence-electron chi connectivity index (χ0n) is 9.44. The molecule has 0 aliphatic rings. The van der Waals surface area contributed by atoms with Gasteiger partial charge in [-0.3, -0.25) is 4.79 Å². The van der Waals surface area contributed by atoms with Crippen LogP contribution in [0.2, 0.25) is 0 Å². The number of thiophene rings is 1. The van der Waals surface area contributed by atoms with Crippen LogP contribution in [0.15, 0.2) is 11.4 Å². The lowest BCUT2D eigenvalue weighted by Crippen LogP contribution is -2.15. The van der Waals surface area contributed by atoms with Crippen LogP contribution < -0.4 is 11.1 Å². The monoisotopic (exact) mass is 256 g/mol. The van der Waals surface area contributed by atoms with Gasteiger partial charge < -0.3 is 16.2 Å². The lowest BCUT2D eigenvalue weighted by molar-refractivity contribution is -0.118.